The summed E-state index contributed by atoms with van der Waals surface area (Å²) in [6.45, 7) is 0. The summed E-state index contributed by atoms with van der Waals surface area (Å²) < 4.78 is 0. The van der Waals surface area contributed by atoms with Gasteiger partial charge in [-0.15, -0.1) is 0 Å². The number of imide groups is 1. The molecule has 0 fully saturated rings. The average molecular weight is 302 g/mol. The van der Waals surface area contributed by atoms with Gasteiger partial charge in [-0.2, -0.15) is 0 Å². The Morgan fingerprint density at radius 1 is 1.05 bits per heavy atom. The average Bonchev–Trinajstić information content (AvgIpc) is 2.51. The van der Waals surface area contributed by atoms with Gasteiger partial charge in [-0.3, -0.25) is 14.5 Å². The molecule has 0 spiro atoms. The number of carbonyl (C=O) groups excluding carboxylic acids is 2. The van der Waals surface area contributed by atoms with Gasteiger partial charge >= 0.3 is 0 Å². The van der Waals surface area contributed by atoms with Gasteiger partial charge in [0.1, 0.15) is 0 Å². The maximum Gasteiger partial charge on any atom is 0.270 e. The van der Waals surface area contributed by atoms with E-state index >= 15 is 0 Å². The molecule has 0 saturated carbocycles. The zero-order valence-electron chi connectivity index (χ0n) is 11.2. The normalized spacial score (nSPS) is 21.4. The lowest BCUT2D eigenvalue weighted by Crippen LogP contribution is -2.53. The standard InChI is InChI=1S/C16H12ClNO3/c1-18-14(19)13-11(8-5-9-12(13)17)16(21,15(18)20)10-6-3-2-4-7-10/h2-9,21H,1H3. The molecular weight excluding hydrogens is 290 g/mol. The first kappa shape index (κ1) is 13.8. The molecule has 3 rings (SSSR count). The lowest BCUT2D eigenvalue weighted by molar-refractivity contribution is -0.145. The van der Waals surface area contributed by atoms with Gasteiger partial charge in [0.25, 0.3) is 11.8 Å². The number of fused-ring (bicyclic) bond motifs is 1. The van der Waals surface area contributed by atoms with E-state index in [1.54, 1.807) is 48.5 Å². The van der Waals surface area contributed by atoms with E-state index in [9.17, 15) is 14.7 Å². The molecule has 2 aromatic carbocycles. The van der Waals surface area contributed by atoms with Crippen LogP contribution in [-0.2, 0) is 10.4 Å². The molecule has 4 nitrogen and oxygen atoms in total. The van der Waals surface area contributed by atoms with Crippen LogP contribution in [0.25, 0.3) is 0 Å². The summed E-state index contributed by atoms with van der Waals surface area (Å²) in [6.07, 6.45) is 0. The summed E-state index contributed by atoms with van der Waals surface area (Å²) in [5, 5.41) is 11.3. The Kier molecular flexibility index (Phi) is 3.08. The number of amides is 2. The molecule has 0 radical (unpaired) electrons. The fourth-order valence-electron chi connectivity index (χ4n) is 2.62. The third-order valence-corrected chi connectivity index (χ3v) is 4.04. The fraction of sp³-hybridized carbons (Fsp3) is 0.125. The Morgan fingerprint density at radius 2 is 1.71 bits per heavy atom. The number of hydrogen-bond donors (Lipinski definition) is 1. The van der Waals surface area contributed by atoms with Crippen molar-refractivity contribution >= 4 is 23.4 Å². The number of halogens is 1. The van der Waals surface area contributed by atoms with Gasteiger partial charge < -0.3 is 5.11 Å². The number of aliphatic hydroxyl groups is 1. The molecular formula is C16H12ClNO3. The maximum absolute atomic E-state index is 12.5. The van der Waals surface area contributed by atoms with Crippen LogP contribution in [0.4, 0.5) is 0 Å². The smallest absolute Gasteiger partial charge is 0.270 e. The lowest BCUT2D eigenvalue weighted by atomic mass is 9.79. The molecule has 1 aliphatic rings. The zero-order valence-corrected chi connectivity index (χ0v) is 12.0. The molecule has 1 unspecified atom stereocenters. The third kappa shape index (κ3) is 1.80. The van der Waals surface area contributed by atoms with Crippen molar-refractivity contribution in [2.24, 2.45) is 0 Å². The van der Waals surface area contributed by atoms with Crippen LogP contribution in [0.5, 0.6) is 0 Å². The van der Waals surface area contributed by atoms with Gasteiger partial charge in [0.15, 0.2) is 5.60 Å². The molecule has 1 N–H and O–H groups in total. The molecule has 0 aromatic heterocycles. The Balaban J connectivity index is 2.36. The van der Waals surface area contributed by atoms with Gasteiger partial charge in [-0.25, -0.2) is 0 Å². The predicted molar refractivity (Wildman–Crippen MR) is 78.0 cm³/mol. The first-order valence-electron chi connectivity index (χ1n) is 6.37. The number of carbonyl (C=O) groups is 2. The van der Waals surface area contributed by atoms with Crippen molar-refractivity contribution in [2.45, 2.75) is 5.60 Å². The molecule has 106 valence electrons. The van der Waals surface area contributed by atoms with E-state index in [4.69, 9.17) is 11.6 Å². The van der Waals surface area contributed by atoms with Crippen LogP contribution in [0.2, 0.25) is 5.02 Å². The van der Waals surface area contributed by atoms with Gasteiger partial charge in [-0.1, -0.05) is 54.1 Å². The maximum atomic E-state index is 12.5. The predicted octanol–water partition coefficient (Wildman–Crippen LogP) is 2.19. The van der Waals surface area contributed by atoms with Crippen molar-refractivity contribution in [3.63, 3.8) is 0 Å². The van der Waals surface area contributed by atoms with Crippen LogP contribution in [0.1, 0.15) is 21.5 Å². The van der Waals surface area contributed by atoms with E-state index in [0.29, 0.717) is 5.56 Å². The van der Waals surface area contributed by atoms with Crippen molar-refractivity contribution < 1.29 is 14.7 Å². The Hall–Kier alpha value is -2.17. The van der Waals surface area contributed by atoms with E-state index in [1.807, 2.05) is 0 Å². The second-order valence-corrected chi connectivity index (χ2v) is 5.32. The third-order valence-electron chi connectivity index (χ3n) is 3.73. The summed E-state index contributed by atoms with van der Waals surface area (Å²) in [5.74, 6) is -1.20. The zero-order chi connectivity index (χ0) is 15.2. The number of rotatable bonds is 1. The highest BCUT2D eigenvalue weighted by molar-refractivity contribution is 6.35. The van der Waals surface area contributed by atoms with Crippen LogP contribution in [0.15, 0.2) is 48.5 Å². The highest BCUT2D eigenvalue weighted by Crippen LogP contribution is 2.40. The van der Waals surface area contributed by atoms with Crippen LogP contribution in [0.3, 0.4) is 0 Å². The van der Waals surface area contributed by atoms with Gasteiger partial charge in [0.2, 0.25) is 0 Å². The monoisotopic (exact) mass is 301 g/mol. The first-order chi connectivity index (χ1) is 9.98. The van der Waals surface area contributed by atoms with Crippen molar-refractivity contribution in [3.8, 4) is 0 Å². The van der Waals surface area contributed by atoms with E-state index in [2.05, 4.69) is 0 Å². The molecule has 1 atom stereocenters. The van der Waals surface area contributed by atoms with Crippen LogP contribution < -0.4 is 0 Å². The highest BCUT2D eigenvalue weighted by atomic mass is 35.5. The summed E-state index contributed by atoms with van der Waals surface area (Å²) in [6, 6.07) is 13.3. The topological polar surface area (TPSA) is 57.6 Å². The largest absolute Gasteiger partial charge is 0.372 e. The van der Waals surface area contributed by atoms with Crippen LogP contribution >= 0.6 is 11.6 Å². The minimum Gasteiger partial charge on any atom is -0.372 e. The number of nitrogens with zero attached hydrogens (tertiary/aromatic N) is 1. The van der Waals surface area contributed by atoms with E-state index in [1.165, 1.54) is 7.05 Å². The first-order valence-corrected chi connectivity index (χ1v) is 6.75. The van der Waals surface area contributed by atoms with Gasteiger partial charge in [0, 0.05) is 12.6 Å². The fourth-order valence-corrected chi connectivity index (χ4v) is 2.87. The molecule has 0 saturated heterocycles. The summed E-state index contributed by atoms with van der Waals surface area (Å²) in [4.78, 5) is 25.7. The number of hydrogen-bond acceptors (Lipinski definition) is 3. The Morgan fingerprint density at radius 3 is 2.38 bits per heavy atom. The molecule has 5 heteroatoms. The molecule has 0 aliphatic carbocycles. The molecule has 1 aliphatic heterocycles. The minimum atomic E-state index is -1.91. The molecule has 1 heterocycles. The van der Waals surface area contributed by atoms with Crippen molar-refractivity contribution in [1.29, 1.82) is 0 Å². The summed E-state index contributed by atoms with van der Waals surface area (Å²) in [5.41, 5.74) is -1.13. The molecule has 21 heavy (non-hydrogen) atoms. The van der Waals surface area contributed by atoms with E-state index in [-0.39, 0.29) is 16.1 Å². The Labute approximate surface area is 126 Å². The van der Waals surface area contributed by atoms with Gasteiger partial charge in [-0.05, 0) is 11.6 Å². The van der Waals surface area contributed by atoms with Crippen LogP contribution in [-0.4, -0.2) is 28.9 Å². The van der Waals surface area contributed by atoms with Gasteiger partial charge in [0.05, 0.1) is 10.6 Å². The Bertz CT molecular complexity index is 744. The summed E-state index contributed by atoms with van der Waals surface area (Å²) in [7, 11) is 1.34. The quantitative estimate of drug-likeness (QED) is 0.822. The molecule has 2 amide bonds. The van der Waals surface area contributed by atoms with E-state index in [0.717, 1.165) is 4.90 Å². The SMILES string of the molecule is CN1C(=O)c2c(Cl)cccc2C(O)(c2ccccc2)C1=O. The molecule has 2 aromatic rings. The second-order valence-electron chi connectivity index (χ2n) is 4.91. The van der Waals surface area contributed by atoms with Crippen molar-refractivity contribution in [2.75, 3.05) is 7.05 Å². The van der Waals surface area contributed by atoms with Crippen molar-refractivity contribution in [3.05, 3.63) is 70.2 Å². The highest BCUT2D eigenvalue weighted by Gasteiger charge is 2.50. The minimum absolute atomic E-state index is 0.160. The second kappa shape index (κ2) is 4.69. The summed E-state index contributed by atoms with van der Waals surface area (Å²) >= 11 is 6.09. The van der Waals surface area contributed by atoms with E-state index < -0.39 is 17.4 Å². The van der Waals surface area contributed by atoms with Crippen LogP contribution in [0, 0.1) is 0 Å². The van der Waals surface area contributed by atoms with Crippen molar-refractivity contribution in [1.82, 2.24) is 4.90 Å². The number of likely N-dealkylation sites (N-methyl/N-ethyl adjacent to an activating group) is 1. The lowest BCUT2D eigenvalue weighted by Gasteiger charge is -2.37. The number of benzene rings is 2. The molecule has 0 bridgehead atoms.